The van der Waals surface area contributed by atoms with E-state index in [-0.39, 0.29) is 0 Å². The third-order valence-electron chi connectivity index (χ3n) is 2.47. The summed E-state index contributed by atoms with van der Waals surface area (Å²) < 4.78 is 0. The Morgan fingerprint density at radius 3 is 1.85 bits per heavy atom. The molecule has 2 atom stereocenters. The van der Waals surface area contributed by atoms with Gasteiger partial charge in [-0.15, -0.1) is 11.8 Å². The molecule has 3 nitrogen and oxygen atoms in total. The van der Waals surface area contributed by atoms with Gasteiger partial charge in [0.15, 0.2) is 0 Å². The van der Waals surface area contributed by atoms with E-state index in [2.05, 4.69) is 17.3 Å². The fourth-order valence-electron chi connectivity index (χ4n) is 1.71. The van der Waals surface area contributed by atoms with E-state index < -0.39 is 8.53 Å². The highest BCUT2D eigenvalue weighted by Gasteiger charge is 2.35. The molecule has 1 saturated carbocycles. The molecule has 0 aromatic carbocycles. The molecule has 0 saturated heterocycles. The van der Waals surface area contributed by atoms with Gasteiger partial charge in [0.05, 0.1) is 0 Å². The standard InChI is InChI=1S/C9H12.H4NO2P/c1-2-4-6-9-7-8(9)5-3-1;1-4(2)3/h8-9H,3-7H2;2-3H,1H2. The Kier molecular flexibility index (Phi) is 4.69. The van der Waals surface area contributed by atoms with Crippen molar-refractivity contribution in [1.82, 2.24) is 0 Å². The Bertz CT molecular complexity index is 191. The summed E-state index contributed by atoms with van der Waals surface area (Å²) in [5.41, 5.74) is 4.29. The summed E-state index contributed by atoms with van der Waals surface area (Å²) in [6.07, 6.45) is 6.61. The summed E-state index contributed by atoms with van der Waals surface area (Å²) in [6.45, 7) is 0. The van der Waals surface area contributed by atoms with E-state index in [1.807, 2.05) is 0 Å². The van der Waals surface area contributed by atoms with Crippen LogP contribution in [0.4, 0.5) is 0 Å². The smallest absolute Gasteiger partial charge is 0.247 e. The molecule has 0 radical (unpaired) electrons. The maximum Gasteiger partial charge on any atom is 0.247 e. The molecule has 0 aromatic heterocycles. The number of hydrogen-bond donors (Lipinski definition) is 3. The second kappa shape index (κ2) is 5.57. The Morgan fingerprint density at radius 1 is 1.08 bits per heavy atom. The Hall–Kier alpha value is -0.130. The highest BCUT2D eigenvalue weighted by atomic mass is 31.2. The van der Waals surface area contributed by atoms with E-state index in [4.69, 9.17) is 9.79 Å². The van der Waals surface area contributed by atoms with Crippen LogP contribution in [0.1, 0.15) is 32.1 Å². The van der Waals surface area contributed by atoms with Crippen molar-refractivity contribution in [3.05, 3.63) is 0 Å². The lowest BCUT2D eigenvalue weighted by Crippen LogP contribution is -1.85. The zero-order valence-corrected chi connectivity index (χ0v) is 8.50. The summed E-state index contributed by atoms with van der Waals surface area (Å²) in [5, 5.41) is 0. The molecule has 0 spiro atoms. The summed E-state index contributed by atoms with van der Waals surface area (Å²) in [5.74, 6) is 8.55. The average molecular weight is 201 g/mol. The third kappa shape index (κ3) is 5.23. The van der Waals surface area contributed by atoms with Gasteiger partial charge in [-0.25, -0.2) is 0 Å². The zero-order chi connectivity index (χ0) is 9.68. The fraction of sp³-hybridized carbons (Fsp3) is 0.778. The van der Waals surface area contributed by atoms with Gasteiger partial charge in [0.2, 0.25) is 8.53 Å². The summed E-state index contributed by atoms with van der Waals surface area (Å²) in [7, 11) is -2.12. The first kappa shape index (κ1) is 10.9. The lowest BCUT2D eigenvalue weighted by Gasteiger charge is -1.96. The first-order valence-corrected chi connectivity index (χ1v) is 5.90. The molecule has 2 unspecified atom stereocenters. The van der Waals surface area contributed by atoms with Crippen molar-refractivity contribution in [2.24, 2.45) is 17.3 Å². The van der Waals surface area contributed by atoms with Crippen LogP contribution in [0, 0.1) is 23.7 Å². The van der Waals surface area contributed by atoms with Gasteiger partial charge in [-0.05, 0) is 31.1 Å². The zero-order valence-electron chi connectivity index (χ0n) is 7.61. The molecule has 0 aromatic rings. The van der Waals surface area contributed by atoms with E-state index in [0.29, 0.717) is 0 Å². The van der Waals surface area contributed by atoms with Crippen molar-refractivity contribution in [3.63, 3.8) is 0 Å². The van der Waals surface area contributed by atoms with Crippen molar-refractivity contribution in [1.29, 1.82) is 0 Å². The van der Waals surface area contributed by atoms with Crippen molar-refractivity contribution in [2.45, 2.75) is 32.1 Å². The number of nitrogens with two attached hydrogens (primary N) is 1. The van der Waals surface area contributed by atoms with Crippen molar-refractivity contribution >= 4 is 8.53 Å². The van der Waals surface area contributed by atoms with Crippen molar-refractivity contribution < 1.29 is 9.79 Å². The monoisotopic (exact) mass is 201 g/mol. The number of hydrogen-bond acceptors (Lipinski definition) is 3. The van der Waals surface area contributed by atoms with Gasteiger partial charge >= 0.3 is 0 Å². The maximum atomic E-state index is 7.45. The summed E-state index contributed by atoms with van der Waals surface area (Å²) in [6, 6.07) is 0. The van der Waals surface area contributed by atoms with Crippen LogP contribution in [-0.2, 0) is 0 Å². The quantitative estimate of drug-likeness (QED) is 0.409. The van der Waals surface area contributed by atoms with Crippen LogP contribution in [0.25, 0.3) is 0 Å². The summed E-state index contributed by atoms with van der Waals surface area (Å²) in [4.78, 5) is 14.9. The van der Waals surface area contributed by atoms with Crippen LogP contribution >= 0.6 is 8.53 Å². The van der Waals surface area contributed by atoms with Crippen LogP contribution in [0.3, 0.4) is 0 Å². The molecule has 13 heavy (non-hydrogen) atoms. The SMILES string of the molecule is C1#CCCC2CC2CC1.NP(O)O. The predicted octanol–water partition coefficient (Wildman–Crippen LogP) is 1.36. The second-order valence-electron chi connectivity index (χ2n) is 3.51. The molecule has 4 heteroatoms. The molecular formula is C9H16NO2P. The molecule has 1 fully saturated rings. The average Bonchev–Trinajstić information content (AvgIpc) is 2.64. The Labute approximate surface area is 80.3 Å². The molecule has 2 rings (SSSR count). The minimum atomic E-state index is -2.12. The minimum absolute atomic E-state index is 1.08. The predicted molar refractivity (Wildman–Crippen MR) is 53.4 cm³/mol. The van der Waals surface area contributed by atoms with Crippen molar-refractivity contribution in [3.8, 4) is 11.8 Å². The van der Waals surface area contributed by atoms with Crippen LogP contribution < -0.4 is 5.50 Å². The Morgan fingerprint density at radius 2 is 1.46 bits per heavy atom. The third-order valence-corrected chi connectivity index (χ3v) is 2.47. The molecule has 4 N–H and O–H groups in total. The number of fused-ring (bicyclic) bond motifs is 1. The van der Waals surface area contributed by atoms with Crippen molar-refractivity contribution in [2.75, 3.05) is 0 Å². The van der Waals surface area contributed by atoms with E-state index in [9.17, 15) is 0 Å². The van der Waals surface area contributed by atoms with Gasteiger partial charge in [-0.1, -0.05) is 0 Å². The van der Waals surface area contributed by atoms with E-state index in [1.54, 1.807) is 0 Å². The van der Waals surface area contributed by atoms with Gasteiger partial charge in [0.1, 0.15) is 0 Å². The molecule has 0 bridgehead atoms. The topological polar surface area (TPSA) is 66.5 Å². The normalized spacial score (nSPS) is 29.8. The van der Waals surface area contributed by atoms with Gasteiger partial charge in [0.25, 0.3) is 0 Å². The van der Waals surface area contributed by atoms with E-state index in [0.717, 1.165) is 11.8 Å². The van der Waals surface area contributed by atoms with Crippen LogP contribution in [0.15, 0.2) is 0 Å². The van der Waals surface area contributed by atoms with Gasteiger partial charge in [0, 0.05) is 12.8 Å². The van der Waals surface area contributed by atoms with E-state index in [1.165, 1.54) is 32.1 Å². The molecular weight excluding hydrogens is 185 g/mol. The lowest BCUT2D eigenvalue weighted by atomic mass is 10.1. The molecule has 74 valence electrons. The number of rotatable bonds is 0. The molecule has 0 amide bonds. The Balaban J connectivity index is 0.000000184. The summed E-state index contributed by atoms with van der Waals surface area (Å²) >= 11 is 0. The lowest BCUT2D eigenvalue weighted by molar-refractivity contribution is 0.485. The first-order chi connectivity index (χ1) is 6.20. The molecule has 2 aliphatic rings. The van der Waals surface area contributed by atoms with Crippen LogP contribution in [0.2, 0.25) is 0 Å². The highest BCUT2D eigenvalue weighted by Crippen LogP contribution is 2.45. The van der Waals surface area contributed by atoms with Gasteiger partial charge in [-0.2, -0.15) is 0 Å². The largest absolute Gasteiger partial charge is 0.338 e. The maximum absolute atomic E-state index is 7.45. The van der Waals surface area contributed by atoms with Crippen LogP contribution in [-0.4, -0.2) is 9.79 Å². The van der Waals surface area contributed by atoms with Crippen LogP contribution in [0.5, 0.6) is 0 Å². The second-order valence-corrected chi connectivity index (χ2v) is 4.15. The highest BCUT2D eigenvalue weighted by molar-refractivity contribution is 7.42. The first-order valence-electron chi connectivity index (χ1n) is 4.58. The minimum Gasteiger partial charge on any atom is -0.338 e. The van der Waals surface area contributed by atoms with Gasteiger partial charge in [-0.3, -0.25) is 5.50 Å². The van der Waals surface area contributed by atoms with Gasteiger partial charge < -0.3 is 9.79 Å². The molecule has 0 aliphatic heterocycles. The van der Waals surface area contributed by atoms with E-state index >= 15 is 0 Å². The molecule has 2 aliphatic carbocycles. The fourth-order valence-corrected chi connectivity index (χ4v) is 1.71. The molecule has 0 heterocycles.